The average Bonchev–Trinajstić information content (AvgIpc) is 2.94. The molecule has 2 N–H and O–H groups in total. The number of amides is 1. The summed E-state index contributed by atoms with van der Waals surface area (Å²) in [4.78, 5) is 18.5. The third-order valence-electron chi connectivity index (χ3n) is 5.04. The topological polar surface area (TPSA) is 88.5 Å². The van der Waals surface area contributed by atoms with E-state index in [0.29, 0.717) is 13.1 Å². The fourth-order valence-electron chi connectivity index (χ4n) is 3.62. The number of fused-ring (bicyclic) bond motifs is 1. The van der Waals surface area contributed by atoms with Gasteiger partial charge in [-0.2, -0.15) is 0 Å². The van der Waals surface area contributed by atoms with Gasteiger partial charge in [0.05, 0.1) is 16.7 Å². The maximum Gasteiger partial charge on any atom is 0.407 e. The second kappa shape index (κ2) is 6.16. The van der Waals surface area contributed by atoms with E-state index in [2.05, 4.69) is 9.71 Å². The zero-order valence-electron chi connectivity index (χ0n) is 14.6. The van der Waals surface area contributed by atoms with Crippen LogP contribution in [0.15, 0.2) is 0 Å². The highest BCUT2D eigenvalue weighted by Gasteiger charge is 2.52. The molecule has 8 heteroatoms. The monoisotopic (exact) mass is 371 g/mol. The Labute approximate surface area is 150 Å². The third-order valence-corrected chi connectivity index (χ3v) is 7.68. The molecule has 1 aromatic heterocycles. The van der Waals surface area contributed by atoms with Crippen LogP contribution in [0, 0.1) is 12.3 Å². The molecule has 2 heterocycles. The number of hydrogen-bond acceptors (Lipinski definition) is 5. The second-order valence-corrected chi connectivity index (χ2v) is 11.0. The van der Waals surface area contributed by atoms with Crippen molar-refractivity contribution in [3.05, 3.63) is 15.6 Å². The minimum atomic E-state index is -1.17. The van der Waals surface area contributed by atoms with Gasteiger partial charge in [-0.15, -0.1) is 16.1 Å². The fourth-order valence-corrected chi connectivity index (χ4v) is 5.77. The SMILES string of the molecule is Cc1nc2c(s1)[C@@H](N[S@+]([O-])C(C)(C)C)C1(CCN(C(=O)O)CC1)C2. The van der Waals surface area contributed by atoms with Crippen LogP contribution in [0.1, 0.15) is 55.2 Å². The Bertz CT molecular complexity index is 633. The lowest BCUT2D eigenvalue weighted by molar-refractivity contribution is 0.0765. The summed E-state index contributed by atoms with van der Waals surface area (Å²) in [6.07, 6.45) is 1.55. The Morgan fingerprint density at radius 2 is 2.08 bits per heavy atom. The van der Waals surface area contributed by atoms with Crippen LogP contribution in [-0.2, 0) is 17.8 Å². The first-order chi connectivity index (χ1) is 11.1. The predicted molar refractivity (Wildman–Crippen MR) is 95.6 cm³/mol. The van der Waals surface area contributed by atoms with E-state index in [1.807, 2.05) is 27.7 Å². The standard InChI is InChI=1S/C16H25N3O3S2/c1-10-17-11-9-16(5-7-19(8-6-16)14(20)21)13(12(11)23-10)18-24(22)15(2,3)4/h13,18H,5-9H2,1-4H3,(H,20,21)/t13-,24-/m1/s1. The summed E-state index contributed by atoms with van der Waals surface area (Å²) in [5.41, 5.74) is 1.03. The van der Waals surface area contributed by atoms with E-state index in [4.69, 9.17) is 0 Å². The van der Waals surface area contributed by atoms with Crippen molar-refractivity contribution < 1.29 is 14.5 Å². The Kier molecular flexibility index (Phi) is 4.61. The van der Waals surface area contributed by atoms with Gasteiger partial charge in [-0.25, -0.2) is 9.78 Å². The lowest BCUT2D eigenvalue weighted by Crippen LogP contribution is -2.50. The number of nitrogens with one attached hydrogen (secondary N) is 1. The highest BCUT2D eigenvalue weighted by molar-refractivity contribution is 7.90. The molecule has 2 atom stereocenters. The molecule has 1 saturated heterocycles. The van der Waals surface area contributed by atoms with Gasteiger partial charge in [0, 0.05) is 34.7 Å². The number of aryl methyl sites for hydroxylation is 1. The van der Waals surface area contributed by atoms with Gasteiger partial charge in [0.15, 0.2) is 0 Å². The van der Waals surface area contributed by atoms with Crippen molar-refractivity contribution in [3.63, 3.8) is 0 Å². The van der Waals surface area contributed by atoms with Crippen molar-refractivity contribution >= 4 is 28.8 Å². The molecule has 0 unspecified atom stereocenters. The van der Waals surface area contributed by atoms with Gasteiger partial charge in [0.1, 0.15) is 4.75 Å². The predicted octanol–water partition coefficient (Wildman–Crippen LogP) is 2.86. The van der Waals surface area contributed by atoms with Crippen LogP contribution in [0.2, 0.25) is 0 Å². The van der Waals surface area contributed by atoms with Crippen LogP contribution >= 0.6 is 11.3 Å². The molecule has 1 fully saturated rings. The van der Waals surface area contributed by atoms with Crippen molar-refractivity contribution in [2.24, 2.45) is 5.41 Å². The summed E-state index contributed by atoms with van der Waals surface area (Å²) in [5, 5.41) is 10.2. The number of thiazole rings is 1. The minimum absolute atomic E-state index is 0.00490. The first-order valence-electron chi connectivity index (χ1n) is 8.24. The van der Waals surface area contributed by atoms with Crippen molar-refractivity contribution in [3.8, 4) is 0 Å². The van der Waals surface area contributed by atoms with Gasteiger partial charge in [-0.1, -0.05) is 0 Å². The van der Waals surface area contributed by atoms with E-state index in [-0.39, 0.29) is 16.2 Å². The largest absolute Gasteiger partial charge is 0.598 e. The van der Waals surface area contributed by atoms with Crippen LogP contribution in [0.25, 0.3) is 0 Å². The van der Waals surface area contributed by atoms with Gasteiger partial charge in [-0.3, -0.25) is 0 Å². The minimum Gasteiger partial charge on any atom is -0.598 e. The molecule has 1 spiro atoms. The van der Waals surface area contributed by atoms with Gasteiger partial charge in [0.25, 0.3) is 0 Å². The summed E-state index contributed by atoms with van der Waals surface area (Å²) in [7, 11) is 0. The van der Waals surface area contributed by atoms with E-state index in [0.717, 1.165) is 30.0 Å². The number of rotatable bonds is 2. The van der Waals surface area contributed by atoms with Gasteiger partial charge in [-0.05, 0) is 47.0 Å². The normalized spacial score (nSPS) is 24.2. The van der Waals surface area contributed by atoms with Crippen LogP contribution < -0.4 is 4.72 Å². The lowest BCUT2D eigenvalue weighted by Gasteiger charge is -2.42. The number of likely N-dealkylation sites (tertiary alicyclic amines) is 1. The molecular formula is C16H25N3O3S2. The van der Waals surface area contributed by atoms with Crippen molar-refractivity contribution in [1.29, 1.82) is 0 Å². The molecule has 2 aliphatic rings. The molecule has 0 aromatic carbocycles. The summed E-state index contributed by atoms with van der Waals surface area (Å²) in [6.45, 7) is 8.95. The van der Waals surface area contributed by atoms with E-state index < -0.39 is 17.5 Å². The molecule has 0 radical (unpaired) electrons. The van der Waals surface area contributed by atoms with Crippen LogP contribution in [0.4, 0.5) is 4.79 Å². The van der Waals surface area contributed by atoms with Gasteiger partial charge >= 0.3 is 6.09 Å². The highest BCUT2D eigenvalue weighted by atomic mass is 32.2. The maximum absolute atomic E-state index is 12.7. The molecule has 1 aromatic rings. The average molecular weight is 372 g/mol. The summed E-state index contributed by atoms with van der Waals surface area (Å²) >= 11 is 0.503. The lowest BCUT2D eigenvalue weighted by atomic mass is 9.74. The molecule has 0 bridgehead atoms. The molecule has 134 valence electrons. The first-order valence-corrected chi connectivity index (χ1v) is 10.2. The summed E-state index contributed by atoms with van der Waals surface area (Å²) in [6, 6.07) is -0.00490. The number of hydrogen-bond donors (Lipinski definition) is 2. The van der Waals surface area contributed by atoms with Gasteiger partial charge in [0.2, 0.25) is 0 Å². The highest BCUT2D eigenvalue weighted by Crippen LogP contribution is 2.54. The number of carboxylic acid groups (broad SMARTS) is 1. The maximum atomic E-state index is 12.7. The molecule has 1 aliphatic carbocycles. The fraction of sp³-hybridized carbons (Fsp3) is 0.750. The number of piperidine rings is 1. The second-order valence-electron chi connectivity index (χ2n) is 7.78. The van der Waals surface area contributed by atoms with Crippen LogP contribution in [-0.4, -0.2) is 43.5 Å². The van der Waals surface area contributed by atoms with Crippen LogP contribution in [0.5, 0.6) is 0 Å². The molecule has 24 heavy (non-hydrogen) atoms. The molecule has 1 aliphatic heterocycles. The van der Waals surface area contributed by atoms with Crippen molar-refractivity contribution in [2.45, 2.75) is 57.7 Å². The van der Waals surface area contributed by atoms with Crippen molar-refractivity contribution in [2.75, 3.05) is 13.1 Å². The zero-order valence-corrected chi connectivity index (χ0v) is 16.2. The molecule has 1 amide bonds. The van der Waals surface area contributed by atoms with Gasteiger partial charge < -0.3 is 14.6 Å². The first kappa shape index (κ1) is 18.0. The quantitative estimate of drug-likeness (QED) is 0.781. The molecule has 0 saturated carbocycles. The number of carbonyl (C=O) groups is 1. The summed E-state index contributed by atoms with van der Waals surface area (Å²) in [5.74, 6) is 0. The Morgan fingerprint density at radius 3 is 2.62 bits per heavy atom. The Morgan fingerprint density at radius 1 is 1.46 bits per heavy atom. The van der Waals surface area contributed by atoms with E-state index in [9.17, 15) is 14.5 Å². The van der Waals surface area contributed by atoms with Crippen LogP contribution in [0.3, 0.4) is 0 Å². The summed E-state index contributed by atoms with van der Waals surface area (Å²) < 4.78 is 15.7. The number of nitrogens with zero attached hydrogens (tertiary/aromatic N) is 2. The van der Waals surface area contributed by atoms with Crippen molar-refractivity contribution in [1.82, 2.24) is 14.6 Å². The smallest absolute Gasteiger partial charge is 0.407 e. The van der Waals surface area contributed by atoms with E-state index in [1.165, 1.54) is 9.78 Å². The third kappa shape index (κ3) is 3.16. The molecular weight excluding hydrogens is 346 g/mol. The molecule has 3 rings (SSSR count). The van der Waals surface area contributed by atoms with E-state index >= 15 is 0 Å². The Balaban J connectivity index is 1.86. The Hall–Kier alpha value is -0.830. The molecule has 6 nitrogen and oxygen atoms in total. The number of aromatic nitrogens is 1. The van der Waals surface area contributed by atoms with E-state index in [1.54, 1.807) is 11.3 Å². The zero-order chi connectivity index (χ0) is 17.7.